The molecular weight excluding hydrogens is 327 g/mol. The summed E-state index contributed by atoms with van der Waals surface area (Å²) in [6, 6.07) is 8.14. The molecule has 0 radical (unpaired) electrons. The molecule has 2 rings (SSSR count). The van der Waals surface area contributed by atoms with Crippen molar-refractivity contribution in [2.75, 3.05) is 13.2 Å². The Kier molecular flexibility index (Phi) is 5.30. The average molecular weight is 342 g/mol. The van der Waals surface area contributed by atoms with Crippen LogP contribution in [0.5, 0.6) is 0 Å². The van der Waals surface area contributed by atoms with Crippen LogP contribution in [0.4, 0.5) is 0 Å². The van der Waals surface area contributed by atoms with Gasteiger partial charge < -0.3 is 9.47 Å². The second-order valence-electron chi connectivity index (χ2n) is 3.92. The Balaban J connectivity index is 1.76. The van der Waals surface area contributed by atoms with Crippen molar-refractivity contribution in [3.63, 3.8) is 0 Å². The number of rotatable bonds is 2. The molecule has 0 aromatic heterocycles. The third-order valence-electron chi connectivity index (χ3n) is 2.56. The lowest BCUT2D eigenvalue weighted by molar-refractivity contribution is -0.154. The third kappa shape index (κ3) is 4.66. The maximum absolute atomic E-state index is 5.53. The fourth-order valence-electron chi connectivity index (χ4n) is 1.65. The van der Waals surface area contributed by atoms with Crippen LogP contribution < -0.4 is 0 Å². The smallest absolute Gasteiger partial charge is 0.158 e. The number of hydrogen-bond donors (Lipinski definition) is 0. The van der Waals surface area contributed by atoms with E-state index >= 15 is 0 Å². The molecule has 1 unspecified atom stereocenters. The van der Waals surface area contributed by atoms with Gasteiger partial charge in [-0.25, -0.2) is 0 Å². The standard InChI is InChI=1S/C14H15IO2/c15-13-8-6-12(7-9-13)4-3-11-17-14-5-1-2-10-16-14/h6-9,14H,1-2,5,10-11H2. The van der Waals surface area contributed by atoms with Crippen LogP contribution in [0.2, 0.25) is 0 Å². The molecule has 1 aromatic rings. The number of hydrogen-bond acceptors (Lipinski definition) is 2. The highest BCUT2D eigenvalue weighted by molar-refractivity contribution is 14.1. The van der Waals surface area contributed by atoms with E-state index in [1.165, 1.54) is 9.99 Å². The third-order valence-corrected chi connectivity index (χ3v) is 3.28. The molecule has 0 aliphatic carbocycles. The van der Waals surface area contributed by atoms with Gasteiger partial charge in [-0.15, -0.1) is 0 Å². The first kappa shape index (κ1) is 12.9. The lowest BCUT2D eigenvalue weighted by Crippen LogP contribution is -2.22. The summed E-state index contributed by atoms with van der Waals surface area (Å²) in [6.07, 6.45) is 3.28. The van der Waals surface area contributed by atoms with E-state index < -0.39 is 0 Å². The molecule has 1 heterocycles. The highest BCUT2D eigenvalue weighted by atomic mass is 127. The zero-order chi connectivity index (χ0) is 11.9. The van der Waals surface area contributed by atoms with Gasteiger partial charge in [-0.05, 0) is 66.1 Å². The Morgan fingerprint density at radius 2 is 2.12 bits per heavy atom. The second kappa shape index (κ2) is 7.00. The molecule has 3 heteroatoms. The van der Waals surface area contributed by atoms with E-state index in [4.69, 9.17) is 9.47 Å². The van der Waals surface area contributed by atoms with Gasteiger partial charge in [-0.3, -0.25) is 0 Å². The normalized spacial score (nSPS) is 19.5. The van der Waals surface area contributed by atoms with Gasteiger partial charge in [-0.1, -0.05) is 11.8 Å². The quantitative estimate of drug-likeness (QED) is 0.607. The van der Waals surface area contributed by atoms with Crippen LogP contribution in [-0.4, -0.2) is 19.5 Å². The lowest BCUT2D eigenvalue weighted by Gasteiger charge is -2.21. The van der Waals surface area contributed by atoms with Crippen LogP contribution in [0.15, 0.2) is 24.3 Å². The molecule has 0 amide bonds. The fourth-order valence-corrected chi connectivity index (χ4v) is 2.01. The summed E-state index contributed by atoms with van der Waals surface area (Å²) in [6.45, 7) is 1.26. The first-order valence-corrected chi connectivity index (χ1v) is 6.90. The van der Waals surface area contributed by atoms with Crippen molar-refractivity contribution in [3.05, 3.63) is 33.4 Å². The first-order chi connectivity index (χ1) is 8.34. The summed E-state index contributed by atoms with van der Waals surface area (Å²) in [5, 5.41) is 0. The van der Waals surface area contributed by atoms with E-state index in [9.17, 15) is 0 Å². The van der Waals surface area contributed by atoms with E-state index in [1.807, 2.05) is 12.1 Å². The van der Waals surface area contributed by atoms with Gasteiger partial charge in [-0.2, -0.15) is 0 Å². The summed E-state index contributed by atoms with van der Waals surface area (Å²) in [5.41, 5.74) is 1.03. The molecule has 1 aromatic carbocycles. The van der Waals surface area contributed by atoms with Crippen LogP contribution in [0, 0.1) is 15.4 Å². The molecule has 1 atom stereocenters. The van der Waals surface area contributed by atoms with Gasteiger partial charge in [0.15, 0.2) is 6.29 Å². The summed E-state index contributed by atoms with van der Waals surface area (Å²) in [7, 11) is 0. The van der Waals surface area contributed by atoms with Gasteiger partial charge >= 0.3 is 0 Å². The van der Waals surface area contributed by atoms with E-state index in [1.54, 1.807) is 0 Å². The first-order valence-electron chi connectivity index (χ1n) is 5.82. The van der Waals surface area contributed by atoms with Gasteiger partial charge in [0.1, 0.15) is 6.61 Å². The Morgan fingerprint density at radius 3 is 2.82 bits per heavy atom. The molecule has 0 bridgehead atoms. The molecule has 1 aliphatic heterocycles. The zero-order valence-electron chi connectivity index (χ0n) is 9.62. The molecule has 90 valence electrons. The maximum Gasteiger partial charge on any atom is 0.158 e. The summed E-state index contributed by atoms with van der Waals surface area (Å²) >= 11 is 2.28. The molecule has 17 heavy (non-hydrogen) atoms. The van der Waals surface area contributed by atoms with Gasteiger partial charge in [0, 0.05) is 15.7 Å². The summed E-state index contributed by atoms with van der Waals surface area (Å²) in [4.78, 5) is 0. The highest BCUT2D eigenvalue weighted by Gasteiger charge is 2.12. The van der Waals surface area contributed by atoms with Crippen LogP contribution in [0.3, 0.4) is 0 Å². The summed E-state index contributed by atoms with van der Waals surface area (Å²) in [5.74, 6) is 6.09. The summed E-state index contributed by atoms with van der Waals surface area (Å²) < 4.78 is 12.2. The van der Waals surface area contributed by atoms with Crippen molar-refractivity contribution in [2.24, 2.45) is 0 Å². The molecule has 0 spiro atoms. The minimum Gasteiger partial charge on any atom is -0.353 e. The van der Waals surface area contributed by atoms with Crippen LogP contribution in [-0.2, 0) is 9.47 Å². The molecule has 0 saturated carbocycles. The largest absolute Gasteiger partial charge is 0.353 e. The zero-order valence-corrected chi connectivity index (χ0v) is 11.8. The average Bonchev–Trinajstić information content (AvgIpc) is 2.38. The molecule has 1 fully saturated rings. The minimum absolute atomic E-state index is 0.0465. The van der Waals surface area contributed by atoms with Crippen LogP contribution in [0.25, 0.3) is 0 Å². The SMILES string of the molecule is Ic1ccc(C#CCOC2CCCCO2)cc1. The van der Waals surface area contributed by atoms with Gasteiger partial charge in [0.25, 0.3) is 0 Å². The highest BCUT2D eigenvalue weighted by Crippen LogP contribution is 2.13. The Morgan fingerprint density at radius 1 is 1.29 bits per heavy atom. The Bertz CT molecular complexity index is 396. The van der Waals surface area contributed by atoms with Gasteiger partial charge in [0.05, 0.1) is 0 Å². The van der Waals surface area contributed by atoms with E-state index in [0.717, 1.165) is 25.0 Å². The van der Waals surface area contributed by atoms with Crippen molar-refractivity contribution in [1.82, 2.24) is 0 Å². The van der Waals surface area contributed by atoms with Crippen molar-refractivity contribution < 1.29 is 9.47 Å². The van der Waals surface area contributed by atoms with E-state index in [-0.39, 0.29) is 6.29 Å². The van der Waals surface area contributed by atoms with E-state index in [0.29, 0.717) is 6.61 Å². The predicted octanol–water partition coefficient (Wildman–Crippen LogP) is 3.19. The van der Waals surface area contributed by atoms with Crippen molar-refractivity contribution in [2.45, 2.75) is 25.6 Å². The maximum atomic E-state index is 5.53. The fraction of sp³-hybridized carbons (Fsp3) is 0.429. The van der Waals surface area contributed by atoms with E-state index in [2.05, 4.69) is 46.6 Å². The Hall–Kier alpha value is -0.570. The number of halogens is 1. The topological polar surface area (TPSA) is 18.5 Å². The van der Waals surface area contributed by atoms with Crippen molar-refractivity contribution >= 4 is 22.6 Å². The van der Waals surface area contributed by atoms with Crippen molar-refractivity contribution in [3.8, 4) is 11.8 Å². The number of benzene rings is 1. The molecule has 2 nitrogen and oxygen atoms in total. The second-order valence-corrected chi connectivity index (χ2v) is 5.16. The van der Waals surface area contributed by atoms with Crippen molar-refractivity contribution in [1.29, 1.82) is 0 Å². The molecule has 1 saturated heterocycles. The lowest BCUT2D eigenvalue weighted by atomic mass is 10.2. The predicted molar refractivity (Wildman–Crippen MR) is 75.6 cm³/mol. The van der Waals surface area contributed by atoms with Gasteiger partial charge in [0.2, 0.25) is 0 Å². The number of ether oxygens (including phenoxy) is 2. The van der Waals surface area contributed by atoms with Crippen LogP contribution in [0.1, 0.15) is 24.8 Å². The van der Waals surface area contributed by atoms with Crippen LogP contribution >= 0.6 is 22.6 Å². The molecule has 1 aliphatic rings. The molecular formula is C14H15IO2. The minimum atomic E-state index is -0.0465. The Labute approximate surface area is 116 Å². The monoisotopic (exact) mass is 342 g/mol. The molecule has 0 N–H and O–H groups in total.